The number of carbonyl (C=O) groups is 3. The lowest BCUT2D eigenvalue weighted by atomic mass is 9.77. The molecule has 0 spiro atoms. The molecule has 99 heavy (non-hydrogen) atoms. The van der Waals surface area contributed by atoms with Crippen LogP contribution in [-0.4, -0.2) is 72.9 Å². The Bertz CT molecular complexity index is 3760. The molecule has 0 amide bonds. The third kappa shape index (κ3) is 21.7. The lowest BCUT2D eigenvalue weighted by molar-refractivity contribution is -0.150. The van der Waals surface area contributed by atoms with Crippen molar-refractivity contribution in [2.45, 2.75) is 283 Å². The first-order chi connectivity index (χ1) is 45.2. The molecule has 6 aromatic carbocycles. The third-order valence-electron chi connectivity index (χ3n) is 18.1. The van der Waals surface area contributed by atoms with Gasteiger partial charge >= 0.3 is 17.9 Å². The summed E-state index contributed by atoms with van der Waals surface area (Å²) in [7, 11) is 0. The Hall–Kier alpha value is -5.71. The van der Waals surface area contributed by atoms with Crippen LogP contribution in [0.4, 0.5) is 0 Å². The first-order valence-electron chi connectivity index (χ1n) is 34.8. The molecule has 0 aliphatic heterocycles. The highest BCUT2D eigenvalue weighted by atomic mass is 32.2. The Kier molecular flexibility index (Phi) is 25.8. The molecule has 7 rings (SSSR count). The standard InChI is InChI=1S/C50H64O6S2.C34H53NO4S2/c1-46(2,3)38-26-31(27-39(44(38)53)47(4,5)6)57-50(12,13)58-32-28-40(48(7,8)9)45(54)41(29-32)49(10,11)24-25-55-42(51)22-23-43(52)56-30-37-35-20-16-14-18-33(35)34-19-15-17-21-36(34)37;1-30(2,3)23-16-21(17-24(28(23)37)31(4,5)6)40-34(12,13)41-22-18-25(32(7,8)9)29(38)26(19-22)33(10,11)14-15-39-27(36)20-35/h14-21,26-29,37,53-54H,22-25,30H2,1-13H3;16-19,37-38H,14-15,20,35H2,1-13H3. The summed E-state index contributed by atoms with van der Waals surface area (Å²) in [5, 5.41) is 45.7. The van der Waals surface area contributed by atoms with E-state index in [1.807, 2.05) is 24.3 Å². The van der Waals surface area contributed by atoms with Gasteiger partial charge < -0.3 is 40.4 Å². The molecule has 1 aliphatic rings. The minimum absolute atomic E-state index is 0.0370. The Morgan fingerprint density at radius 3 is 0.879 bits per heavy atom. The number of hydrogen-bond donors (Lipinski definition) is 5. The Balaban J connectivity index is 0.000000332. The van der Waals surface area contributed by atoms with Crippen LogP contribution in [0.1, 0.15) is 267 Å². The number of phenols is 4. The molecule has 0 aromatic heterocycles. The maximum absolute atomic E-state index is 12.8. The van der Waals surface area contributed by atoms with Gasteiger partial charge in [0.15, 0.2) is 0 Å². The van der Waals surface area contributed by atoms with Crippen molar-refractivity contribution in [2.24, 2.45) is 5.73 Å². The molecule has 1 aliphatic carbocycles. The topological polar surface area (TPSA) is 186 Å². The summed E-state index contributed by atoms with van der Waals surface area (Å²) in [5.74, 6) is -0.0301. The lowest BCUT2D eigenvalue weighted by Gasteiger charge is -2.32. The summed E-state index contributed by atoms with van der Waals surface area (Å²) in [6.07, 6.45) is 0.914. The van der Waals surface area contributed by atoms with Crippen LogP contribution in [0.15, 0.2) is 117 Å². The van der Waals surface area contributed by atoms with Crippen LogP contribution >= 0.6 is 47.0 Å². The van der Waals surface area contributed by atoms with E-state index in [0.29, 0.717) is 30.1 Å². The van der Waals surface area contributed by atoms with Crippen LogP contribution in [0, 0.1) is 0 Å². The van der Waals surface area contributed by atoms with Gasteiger partial charge in [0.05, 0.1) is 40.8 Å². The monoisotopic (exact) mass is 1430 g/mol. The van der Waals surface area contributed by atoms with E-state index >= 15 is 0 Å². The average Bonchev–Trinajstić information content (AvgIpc) is 1.76. The molecule has 6 N–H and O–H groups in total. The molecular formula is C84H117NO10S4. The second kappa shape index (κ2) is 31.1. The van der Waals surface area contributed by atoms with E-state index in [-0.39, 0.29) is 91.5 Å². The number of ether oxygens (including phenoxy) is 3. The van der Waals surface area contributed by atoms with Gasteiger partial charge in [0, 0.05) is 70.0 Å². The molecule has 0 bridgehead atoms. The van der Waals surface area contributed by atoms with Gasteiger partial charge in [-0.05, 0) is 155 Å². The first-order valence-corrected chi connectivity index (χ1v) is 38.1. The number of thioether (sulfide) groups is 4. The molecular weight excluding hydrogens is 1310 g/mol. The lowest BCUT2D eigenvalue weighted by Crippen LogP contribution is -2.24. The maximum Gasteiger partial charge on any atom is 0.319 e. The van der Waals surface area contributed by atoms with Gasteiger partial charge in [-0.2, -0.15) is 0 Å². The van der Waals surface area contributed by atoms with Gasteiger partial charge in [0.25, 0.3) is 0 Å². The summed E-state index contributed by atoms with van der Waals surface area (Å²) in [6, 6.07) is 33.3. The quantitative estimate of drug-likeness (QED) is 0.0187. The van der Waals surface area contributed by atoms with Crippen molar-refractivity contribution in [1.29, 1.82) is 0 Å². The predicted molar refractivity (Wildman–Crippen MR) is 416 cm³/mol. The van der Waals surface area contributed by atoms with Crippen LogP contribution in [0.3, 0.4) is 0 Å². The number of phenolic OH excluding ortho intramolecular Hbond substituents is 4. The minimum atomic E-state index is -0.537. The Labute approximate surface area is 611 Å². The number of aromatic hydroxyl groups is 4. The number of carbonyl (C=O) groups excluding carboxylic acids is 3. The second-order valence-electron chi connectivity index (χ2n) is 35.0. The SMILES string of the molecule is CC(C)(Sc1cc(C(C)(C)C)c(O)c(C(C)(C)C)c1)Sc1cc(C(C)(C)C)c(O)c(C(C)(C)CCOC(=O)CCC(=O)OCC2c3ccccc3-c3ccccc32)c1.CC(C)(Sc1cc(C(C)(C)C)c(O)c(C(C)(C)C)c1)Sc1cc(C(C)(C)C)c(O)c(C(C)(C)CCOC(=O)CN)c1. The predicted octanol–water partition coefficient (Wildman–Crippen LogP) is 21.7. The van der Waals surface area contributed by atoms with E-state index in [4.69, 9.17) is 19.9 Å². The number of rotatable bonds is 22. The number of nitrogens with two attached hydrogens (primary N) is 1. The normalized spacial score (nSPS) is 13.5. The number of esters is 3. The Morgan fingerprint density at radius 1 is 0.364 bits per heavy atom. The van der Waals surface area contributed by atoms with E-state index in [9.17, 15) is 34.8 Å². The molecule has 0 saturated carbocycles. The number of fused-ring (bicyclic) bond motifs is 3. The van der Waals surface area contributed by atoms with Crippen molar-refractivity contribution >= 4 is 65.0 Å². The maximum atomic E-state index is 12.8. The molecule has 0 atom stereocenters. The van der Waals surface area contributed by atoms with Crippen molar-refractivity contribution in [2.75, 3.05) is 26.4 Å². The Morgan fingerprint density at radius 2 is 0.606 bits per heavy atom. The minimum Gasteiger partial charge on any atom is -0.507 e. The molecule has 0 fully saturated rings. The van der Waals surface area contributed by atoms with Crippen LogP contribution in [0.25, 0.3) is 11.1 Å². The zero-order valence-corrected chi connectivity index (χ0v) is 67.7. The fourth-order valence-electron chi connectivity index (χ4n) is 12.4. The highest BCUT2D eigenvalue weighted by molar-refractivity contribution is 8.18. The fraction of sp³-hybridized carbons (Fsp3) is 0.536. The largest absolute Gasteiger partial charge is 0.507 e. The van der Waals surface area contributed by atoms with E-state index < -0.39 is 28.7 Å². The van der Waals surface area contributed by atoms with E-state index in [0.717, 1.165) is 86.3 Å². The van der Waals surface area contributed by atoms with Gasteiger partial charge in [-0.25, -0.2) is 0 Å². The fourth-order valence-corrected chi connectivity index (χ4v) is 17.6. The number of benzene rings is 6. The van der Waals surface area contributed by atoms with Crippen LogP contribution in [-0.2, 0) is 71.9 Å². The van der Waals surface area contributed by atoms with Gasteiger partial charge in [0.1, 0.15) is 29.6 Å². The van der Waals surface area contributed by atoms with Crippen molar-refractivity contribution in [3.8, 4) is 34.1 Å². The van der Waals surface area contributed by atoms with E-state index in [1.54, 1.807) is 47.0 Å². The van der Waals surface area contributed by atoms with Crippen LogP contribution in [0.5, 0.6) is 23.0 Å². The summed E-state index contributed by atoms with van der Waals surface area (Å²) in [4.78, 5) is 41.5. The molecule has 0 saturated heterocycles. The second-order valence-corrected chi connectivity index (χ2v) is 42.3. The van der Waals surface area contributed by atoms with Crippen molar-refractivity contribution in [3.05, 3.63) is 153 Å². The van der Waals surface area contributed by atoms with Crippen LogP contribution in [0.2, 0.25) is 0 Å². The van der Waals surface area contributed by atoms with Gasteiger partial charge in [-0.3, -0.25) is 14.4 Å². The number of hydrogen-bond acceptors (Lipinski definition) is 15. The molecule has 11 nitrogen and oxygen atoms in total. The van der Waals surface area contributed by atoms with Crippen molar-refractivity contribution in [3.63, 3.8) is 0 Å². The van der Waals surface area contributed by atoms with Crippen molar-refractivity contribution < 1.29 is 49.0 Å². The third-order valence-corrected chi connectivity index (χ3v) is 23.0. The molecule has 0 heterocycles. The highest BCUT2D eigenvalue weighted by Crippen LogP contribution is 2.54. The molecule has 15 heteroatoms. The summed E-state index contributed by atoms with van der Waals surface area (Å²) in [5.41, 5.74) is 14.7. The molecule has 6 aromatic rings. The molecule has 0 radical (unpaired) electrons. The smallest absolute Gasteiger partial charge is 0.319 e. The van der Waals surface area contributed by atoms with E-state index in [1.165, 1.54) is 0 Å². The average molecular weight is 1430 g/mol. The zero-order valence-electron chi connectivity index (χ0n) is 64.4. The summed E-state index contributed by atoms with van der Waals surface area (Å²) in [6.45, 7) is 55.7. The summed E-state index contributed by atoms with van der Waals surface area (Å²) >= 11 is 7.05. The summed E-state index contributed by atoms with van der Waals surface area (Å²) < 4.78 is 16.0. The van der Waals surface area contributed by atoms with Gasteiger partial charge in [-0.15, -0.1) is 47.0 Å². The van der Waals surface area contributed by atoms with Gasteiger partial charge in [0.2, 0.25) is 0 Å². The zero-order chi connectivity index (χ0) is 74.8. The molecule has 542 valence electrons. The first kappa shape index (κ1) is 82.2. The van der Waals surface area contributed by atoms with Crippen molar-refractivity contribution in [1.82, 2.24) is 0 Å². The van der Waals surface area contributed by atoms with Crippen LogP contribution < -0.4 is 5.73 Å². The van der Waals surface area contributed by atoms with Gasteiger partial charge in [-0.1, -0.05) is 201 Å². The van der Waals surface area contributed by atoms with E-state index in [2.05, 4.69) is 253 Å². The highest BCUT2D eigenvalue weighted by Gasteiger charge is 2.37. The molecule has 0 unspecified atom stereocenters.